The molecule has 150 valence electrons. The van der Waals surface area contributed by atoms with E-state index < -0.39 is 10.0 Å². The van der Waals surface area contributed by atoms with Gasteiger partial charge in [0.1, 0.15) is 17.2 Å². The third kappa shape index (κ3) is 4.47. The van der Waals surface area contributed by atoms with Crippen LogP contribution in [-0.2, 0) is 21.2 Å². The van der Waals surface area contributed by atoms with E-state index in [1.54, 1.807) is 30.3 Å². The Hall–Kier alpha value is -2.54. The Balaban J connectivity index is 2.02. The summed E-state index contributed by atoms with van der Waals surface area (Å²) in [5.74, 6) is -0.0550. The van der Waals surface area contributed by atoms with Gasteiger partial charge < -0.3 is 10.1 Å². The van der Waals surface area contributed by atoms with Gasteiger partial charge in [0, 0.05) is 6.04 Å². The van der Waals surface area contributed by atoms with E-state index >= 15 is 0 Å². The fraction of sp³-hybridized carbons (Fsp3) is 0.381. The van der Waals surface area contributed by atoms with Crippen molar-refractivity contribution in [3.63, 3.8) is 0 Å². The molecular formula is C21H26N2O4S. The van der Waals surface area contributed by atoms with Crippen LogP contribution in [0.1, 0.15) is 30.9 Å². The number of sulfonamides is 1. The lowest BCUT2D eigenvalue weighted by atomic mass is 10.1. The van der Waals surface area contributed by atoms with E-state index in [2.05, 4.69) is 5.32 Å². The molecule has 1 amide bonds. The van der Waals surface area contributed by atoms with Crippen molar-refractivity contribution in [1.82, 2.24) is 5.32 Å². The van der Waals surface area contributed by atoms with Crippen molar-refractivity contribution in [2.75, 3.05) is 18.0 Å². The summed E-state index contributed by atoms with van der Waals surface area (Å²) in [5.41, 5.74) is 2.34. The quantitative estimate of drug-likeness (QED) is 0.736. The highest BCUT2D eigenvalue weighted by Gasteiger charge is 2.32. The molecular weight excluding hydrogens is 376 g/mol. The van der Waals surface area contributed by atoms with Gasteiger partial charge in [-0.1, -0.05) is 25.1 Å². The molecule has 1 fully saturated rings. The molecule has 7 heteroatoms. The summed E-state index contributed by atoms with van der Waals surface area (Å²) in [6.07, 6.45) is 2.73. The normalized spacial score (nSPS) is 13.8. The molecule has 0 radical (unpaired) electrons. The number of carbonyl (C=O) groups excluding carboxylic acids is 1. The third-order valence-corrected chi connectivity index (χ3v) is 6.54. The Morgan fingerprint density at radius 2 is 1.86 bits per heavy atom. The first-order chi connectivity index (χ1) is 13.3. The van der Waals surface area contributed by atoms with Crippen LogP contribution in [0, 0.1) is 6.92 Å². The number of amides is 1. The van der Waals surface area contributed by atoms with Crippen molar-refractivity contribution < 1.29 is 17.9 Å². The van der Waals surface area contributed by atoms with Crippen molar-refractivity contribution in [2.45, 2.75) is 44.0 Å². The molecule has 1 N–H and O–H groups in total. The fourth-order valence-corrected chi connectivity index (χ4v) is 4.61. The highest BCUT2D eigenvalue weighted by atomic mass is 32.2. The predicted molar refractivity (Wildman–Crippen MR) is 109 cm³/mol. The van der Waals surface area contributed by atoms with E-state index in [1.165, 1.54) is 7.11 Å². The maximum Gasteiger partial charge on any atom is 0.268 e. The zero-order valence-electron chi connectivity index (χ0n) is 16.4. The van der Waals surface area contributed by atoms with Gasteiger partial charge in [-0.05, 0) is 61.6 Å². The molecule has 1 saturated carbocycles. The molecule has 6 nitrogen and oxygen atoms in total. The van der Waals surface area contributed by atoms with Gasteiger partial charge in [0.05, 0.1) is 12.8 Å². The third-order valence-electron chi connectivity index (χ3n) is 4.75. The van der Waals surface area contributed by atoms with Crippen LogP contribution in [0.15, 0.2) is 47.4 Å². The number of anilines is 1. The smallest absolute Gasteiger partial charge is 0.268 e. The summed E-state index contributed by atoms with van der Waals surface area (Å²) < 4.78 is 33.5. The molecule has 1 aliphatic carbocycles. The first kappa shape index (κ1) is 20.2. The fourth-order valence-electron chi connectivity index (χ4n) is 2.95. The average Bonchev–Trinajstić information content (AvgIpc) is 3.50. The SMILES string of the molecule is CCc1ccc(N(CC(=O)NC2CC2)S(=O)(=O)c2cc(C)ccc2OC)cc1. The van der Waals surface area contributed by atoms with Crippen LogP contribution in [-0.4, -0.2) is 34.0 Å². The predicted octanol–water partition coefficient (Wildman–Crippen LogP) is 3.04. The van der Waals surface area contributed by atoms with Crippen molar-refractivity contribution in [3.8, 4) is 5.75 Å². The summed E-state index contributed by atoms with van der Waals surface area (Å²) in [4.78, 5) is 12.5. The van der Waals surface area contributed by atoms with E-state index in [9.17, 15) is 13.2 Å². The minimum Gasteiger partial charge on any atom is -0.495 e. The molecule has 0 bridgehead atoms. The number of nitrogens with zero attached hydrogens (tertiary/aromatic N) is 1. The summed E-state index contributed by atoms with van der Waals surface area (Å²) in [5, 5.41) is 2.86. The molecule has 0 heterocycles. The number of aryl methyl sites for hydroxylation is 2. The summed E-state index contributed by atoms with van der Waals surface area (Å²) in [7, 11) is -2.57. The van der Waals surface area contributed by atoms with Crippen LogP contribution < -0.4 is 14.4 Å². The van der Waals surface area contributed by atoms with Crippen LogP contribution in [0.2, 0.25) is 0 Å². The summed E-state index contributed by atoms with van der Waals surface area (Å²) in [6.45, 7) is 3.57. The second-order valence-electron chi connectivity index (χ2n) is 7.03. The number of rotatable bonds is 8. The zero-order chi connectivity index (χ0) is 20.3. The number of hydrogen-bond acceptors (Lipinski definition) is 4. The summed E-state index contributed by atoms with van der Waals surface area (Å²) in [6, 6.07) is 12.4. The van der Waals surface area contributed by atoms with Crippen molar-refractivity contribution in [2.24, 2.45) is 0 Å². The number of carbonyl (C=O) groups is 1. The van der Waals surface area contributed by atoms with Crippen molar-refractivity contribution in [3.05, 3.63) is 53.6 Å². The Bertz CT molecular complexity index is 951. The van der Waals surface area contributed by atoms with Crippen molar-refractivity contribution in [1.29, 1.82) is 0 Å². The number of ether oxygens (including phenoxy) is 1. The monoisotopic (exact) mass is 402 g/mol. The Morgan fingerprint density at radius 1 is 1.18 bits per heavy atom. The lowest BCUT2D eigenvalue weighted by molar-refractivity contribution is -0.119. The van der Waals surface area contributed by atoms with Crippen LogP contribution in [0.25, 0.3) is 0 Å². The maximum absolute atomic E-state index is 13.5. The van der Waals surface area contributed by atoms with Gasteiger partial charge in [-0.2, -0.15) is 0 Å². The number of benzene rings is 2. The molecule has 0 aliphatic heterocycles. The van der Waals surface area contributed by atoms with E-state index in [1.807, 2.05) is 26.0 Å². The van der Waals surface area contributed by atoms with Crippen LogP contribution in [0.3, 0.4) is 0 Å². The van der Waals surface area contributed by atoms with Gasteiger partial charge in [-0.3, -0.25) is 9.10 Å². The molecule has 0 aromatic heterocycles. The standard InChI is InChI=1S/C21H26N2O4S/c1-4-16-6-10-18(11-7-16)23(14-21(24)22-17-8-9-17)28(25,26)20-13-15(2)5-12-19(20)27-3/h5-7,10-13,17H,4,8-9,14H2,1-3H3,(H,22,24). The lowest BCUT2D eigenvalue weighted by Crippen LogP contribution is -2.41. The molecule has 3 rings (SSSR count). The second kappa shape index (κ2) is 8.22. The van der Waals surface area contributed by atoms with Crippen LogP contribution >= 0.6 is 0 Å². The topological polar surface area (TPSA) is 75.7 Å². The van der Waals surface area contributed by atoms with E-state index in [0.717, 1.165) is 34.7 Å². The lowest BCUT2D eigenvalue weighted by Gasteiger charge is -2.25. The first-order valence-electron chi connectivity index (χ1n) is 9.41. The molecule has 0 atom stereocenters. The van der Waals surface area contributed by atoms with Crippen molar-refractivity contribution >= 4 is 21.6 Å². The Kier molecular flexibility index (Phi) is 5.93. The van der Waals surface area contributed by atoms with Crippen LogP contribution in [0.5, 0.6) is 5.75 Å². The second-order valence-corrected chi connectivity index (χ2v) is 8.86. The molecule has 2 aromatic rings. The molecule has 0 unspecified atom stereocenters. The molecule has 0 saturated heterocycles. The van der Waals surface area contributed by atoms with E-state index in [0.29, 0.717) is 5.69 Å². The molecule has 28 heavy (non-hydrogen) atoms. The highest BCUT2D eigenvalue weighted by Crippen LogP contribution is 2.31. The van der Waals surface area contributed by atoms with E-state index in [4.69, 9.17) is 4.74 Å². The first-order valence-corrected chi connectivity index (χ1v) is 10.8. The van der Waals surface area contributed by atoms with Gasteiger partial charge in [0.15, 0.2) is 0 Å². The number of hydrogen-bond donors (Lipinski definition) is 1. The van der Waals surface area contributed by atoms with Gasteiger partial charge in [0.25, 0.3) is 10.0 Å². The van der Waals surface area contributed by atoms with E-state index in [-0.39, 0.29) is 29.1 Å². The molecule has 0 spiro atoms. The number of methoxy groups -OCH3 is 1. The summed E-state index contributed by atoms with van der Waals surface area (Å²) >= 11 is 0. The van der Waals surface area contributed by atoms with Gasteiger partial charge in [-0.25, -0.2) is 8.42 Å². The van der Waals surface area contributed by atoms with Gasteiger partial charge in [0.2, 0.25) is 5.91 Å². The molecule has 2 aromatic carbocycles. The number of nitrogens with one attached hydrogen (secondary N) is 1. The van der Waals surface area contributed by atoms with Gasteiger partial charge in [-0.15, -0.1) is 0 Å². The molecule has 1 aliphatic rings. The highest BCUT2D eigenvalue weighted by molar-refractivity contribution is 7.93. The average molecular weight is 403 g/mol. The minimum atomic E-state index is -4.00. The largest absolute Gasteiger partial charge is 0.495 e. The zero-order valence-corrected chi connectivity index (χ0v) is 17.3. The minimum absolute atomic E-state index is 0.0498. The maximum atomic E-state index is 13.5. The Morgan fingerprint density at radius 3 is 2.43 bits per heavy atom. The van der Waals surface area contributed by atoms with Gasteiger partial charge >= 0.3 is 0 Å². The Labute approximate surface area is 166 Å². The van der Waals surface area contributed by atoms with Crippen LogP contribution in [0.4, 0.5) is 5.69 Å².